The SMILES string of the molecule is CCC(C)Nc1ccc(-c2cccc(C(=O)O)c2)cn1. The van der Waals surface area contributed by atoms with Crippen LogP contribution in [0.15, 0.2) is 42.6 Å². The van der Waals surface area contributed by atoms with Crippen molar-refractivity contribution in [2.24, 2.45) is 0 Å². The predicted molar refractivity (Wildman–Crippen MR) is 80.0 cm³/mol. The maximum atomic E-state index is 11.0. The third kappa shape index (κ3) is 3.35. The van der Waals surface area contributed by atoms with Gasteiger partial charge in [-0.2, -0.15) is 0 Å². The van der Waals surface area contributed by atoms with Gasteiger partial charge in [-0.15, -0.1) is 0 Å². The van der Waals surface area contributed by atoms with E-state index in [1.807, 2.05) is 18.2 Å². The molecule has 0 radical (unpaired) electrons. The maximum Gasteiger partial charge on any atom is 0.335 e. The fourth-order valence-electron chi connectivity index (χ4n) is 1.84. The molecule has 104 valence electrons. The van der Waals surface area contributed by atoms with E-state index in [4.69, 9.17) is 5.11 Å². The monoisotopic (exact) mass is 270 g/mol. The molecular formula is C16H18N2O2. The smallest absolute Gasteiger partial charge is 0.335 e. The van der Waals surface area contributed by atoms with Crippen molar-refractivity contribution in [2.45, 2.75) is 26.3 Å². The lowest BCUT2D eigenvalue weighted by Gasteiger charge is -2.12. The van der Waals surface area contributed by atoms with E-state index in [2.05, 4.69) is 24.1 Å². The van der Waals surface area contributed by atoms with Gasteiger partial charge in [0.05, 0.1) is 5.56 Å². The van der Waals surface area contributed by atoms with Gasteiger partial charge in [-0.25, -0.2) is 9.78 Å². The minimum Gasteiger partial charge on any atom is -0.478 e. The Labute approximate surface area is 118 Å². The van der Waals surface area contributed by atoms with Crippen LogP contribution in [0, 0.1) is 0 Å². The Hall–Kier alpha value is -2.36. The number of carboxylic acids is 1. The molecule has 0 aliphatic carbocycles. The molecule has 2 aromatic rings. The Kier molecular flexibility index (Phi) is 4.35. The summed E-state index contributed by atoms with van der Waals surface area (Å²) in [4.78, 5) is 15.3. The van der Waals surface area contributed by atoms with Crippen LogP contribution in [0.3, 0.4) is 0 Å². The first-order chi connectivity index (χ1) is 9.60. The Balaban J connectivity index is 2.21. The summed E-state index contributed by atoms with van der Waals surface area (Å²) >= 11 is 0. The fourth-order valence-corrected chi connectivity index (χ4v) is 1.84. The van der Waals surface area contributed by atoms with Crippen molar-refractivity contribution >= 4 is 11.8 Å². The number of benzene rings is 1. The van der Waals surface area contributed by atoms with E-state index in [0.29, 0.717) is 6.04 Å². The molecule has 2 rings (SSSR count). The number of nitrogens with zero attached hydrogens (tertiary/aromatic N) is 1. The molecule has 0 aliphatic heterocycles. The van der Waals surface area contributed by atoms with Gasteiger partial charge in [-0.1, -0.05) is 19.1 Å². The van der Waals surface area contributed by atoms with Crippen molar-refractivity contribution in [1.29, 1.82) is 0 Å². The Morgan fingerprint density at radius 3 is 2.70 bits per heavy atom. The highest BCUT2D eigenvalue weighted by Gasteiger charge is 2.06. The lowest BCUT2D eigenvalue weighted by atomic mass is 10.0. The van der Waals surface area contributed by atoms with Gasteiger partial charge in [-0.05, 0) is 43.2 Å². The van der Waals surface area contributed by atoms with Gasteiger partial charge in [0.1, 0.15) is 5.82 Å². The Morgan fingerprint density at radius 2 is 2.10 bits per heavy atom. The Morgan fingerprint density at radius 1 is 1.30 bits per heavy atom. The number of carbonyl (C=O) groups is 1. The zero-order valence-electron chi connectivity index (χ0n) is 11.6. The molecule has 1 unspecified atom stereocenters. The molecule has 1 aromatic heterocycles. The largest absolute Gasteiger partial charge is 0.478 e. The summed E-state index contributed by atoms with van der Waals surface area (Å²) in [5, 5.41) is 12.3. The number of carboxylic acid groups (broad SMARTS) is 1. The van der Waals surface area contributed by atoms with Crippen molar-refractivity contribution in [3.05, 3.63) is 48.2 Å². The van der Waals surface area contributed by atoms with E-state index < -0.39 is 5.97 Å². The van der Waals surface area contributed by atoms with Crippen LogP contribution in [-0.2, 0) is 0 Å². The maximum absolute atomic E-state index is 11.0. The molecule has 0 amide bonds. The third-order valence-electron chi connectivity index (χ3n) is 3.21. The summed E-state index contributed by atoms with van der Waals surface area (Å²) in [5.74, 6) is -0.0904. The second-order valence-corrected chi connectivity index (χ2v) is 4.77. The van der Waals surface area contributed by atoms with Gasteiger partial charge in [0.2, 0.25) is 0 Å². The summed E-state index contributed by atoms with van der Waals surface area (Å²) in [5.41, 5.74) is 2.04. The van der Waals surface area contributed by atoms with E-state index in [9.17, 15) is 4.79 Å². The number of aromatic carboxylic acids is 1. The zero-order valence-corrected chi connectivity index (χ0v) is 11.6. The van der Waals surface area contributed by atoms with E-state index >= 15 is 0 Å². The lowest BCUT2D eigenvalue weighted by molar-refractivity contribution is 0.0697. The molecule has 0 fully saturated rings. The van der Waals surface area contributed by atoms with Gasteiger partial charge in [-0.3, -0.25) is 0 Å². The van der Waals surface area contributed by atoms with Crippen molar-refractivity contribution in [3.63, 3.8) is 0 Å². The normalized spacial score (nSPS) is 11.9. The van der Waals surface area contributed by atoms with Crippen molar-refractivity contribution in [2.75, 3.05) is 5.32 Å². The van der Waals surface area contributed by atoms with Gasteiger partial charge in [0.15, 0.2) is 0 Å². The van der Waals surface area contributed by atoms with Crippen LogP contribution in [0.5, 0.6) is 0 Å². The Bertz CT molecular complexity index is 594. The minimum atomic E-state index is -0.921. The van der Waals surface area contributed by atoms with Crippen LogP contribution in [0.4, 0.5) is 5.82 Å². The quantitative estimate of drug-likeness (QED) is 0.870. The molecule has 1 atom stereocenters. The van der Waals surface area contributed by atoms with Crippen molar-refractivity contribution in [1.82, 2.24) is 4.98 Å². The van der Waals surface area contributed by atoms with Gasteiger partial charge in [0.25, 0.3) is 0 Å². The zero-order chi connectivity index (χ0) is 14.5. The average Bonchev–Trinajstić information content (AvgIpc) is 2.48. The number of anilines is 1. The third-order valence-corrected chi connectivity index (χ3v) is 3.21. The van der Waals surface area contributed by atoms with Crippen LogP contribution in [0.2, 0.25) is 0 Å². The molecular weight excluding hydrogens is 252 g/mol. The molecule has 20 heavy (non-hydrogen) atoms. The van der Waals surface area contributed by atoms with E-state index in [-0.39, 0.29) is 5.56 Å². The number of rotatable bonds is 5. The molecule has 4 heteroatoms. The average molecular weight is 270 g/mol. The van der Waals surface area contributed by atoms with Gasteiger partial charge >= 0.3 is 5.97 Å². The summed E-state index contributed by atoms with van der Waals surface area (Å²) in [6, 6.07) is 11.1. The van der Waals surface area contributed by atoms with Crippen LogP contribution in [-0.4, -0.2) is 22.1 Å². The molecule has 1 aromatic carbocycles. The summed E-state index contributed by atoms with van der Waals surface area (Å²) in [7, 11) is 0. The number of hydrogen-bond donors (Lipinski definition) is 2. The van der Waals surface area contributed by atoms with Crippen molar-refractivity contribution < 1.29 is 9.90 Å². The summed E-state index contributed by atoms with van der Waals surface area (Å²) in [6.07, 6.45) is 2.79. The fraction of sp³-hybridized carbons (Fsp3) is 0.250. The highest BCUT2D eigenvalue weighted by molar-refractivity contribution is 5.89. The number of pyridine rings is 1. The highest BCUT2D eigenvalue weighted by Crippen LogP contribution is 2.21. The van der Waals surface area contributed by atoms with Crippen LogP contribution in [0.25, 0.3) is 11.1 Å². The van der Waals surface area contributed by atoms with E-state index in [1.54, 1.807) is 24.4 Å². The number of hydrogen-bond acceptors (Lipinski definition) is 3. The molecule has 0 saturated heterocycles. The van der Waals surface area contributed by atoms with Crippen molar-refractivity contribution in [3.8, 4) is 11.1 Å². The first kappa shape index (κ1) is 14.1. The summed E-state index contributed by atoms with van der Waals surface area (Å²) in [6.45, 7) is 4.22. The molecule has 0 bridgehead atoms. The number of aromatic nitrogens is 1. The molecule has 0 aliphatic rings. The molecule has 0 spiro atoms. The summed E-state index contributed by atoms with van der Waals surface area (Å²) < 4.78 is 0. The molecule has 0 saturated carbocycles. The predicted octanol–water partition coefficient (Wildman–Crippen LogP) is 3.66. The van der Waals surface area contributed by atoms with Gasteiger partial charge < -0.3 is 10.4 Å². The second kappa shape index (κ2) is 6.19. The van der Waals surface area contributed by atoms with Gasteiger partial charge in [0, 0.05) is 17.8 Å². The highest BCUT2D eigenvalue weighted by atomic mass is 16.4. The molecule has 1 heterocycles. The first-order valence-corrected chi connectivity index (χ1v) is 6.66. The van der Waals surface area contributed by atoms with E-state index in [1.165, 1.54) is 0 Å². The van der Waals surface area contributed by atoms with Crippen LogP contribution < -0.4 is 5.32 Å². The van der Waals surface area contributed by atoms with Crippen LogP contribution in [0.1, 0.15) is 30.6 Å². The standard InChI is InChI=1S/C16H18N2O2/c1-3-11(2)18-15-8-7-14(10-17-15)12-5-4-6-13(9-12)16(19)20/h4-11H,3H2,1-2H3,(H,17,18)(H,19,20). The number of nitrogens with one attached hydrogen (secondary N) is 1. The minimum absolute atomic E-state index is 0.282. The molecule has 4 nitrogen and oxygen atoms in total. The first-order valence-electron chi connectivity index (χ1n) is 6.66. The molecule has 2 N–H and O–H groups in total. The lowest BCUT2D eigenvalue weighted by Crippen LogP contribution is -2.14. The van der Waals surface area contributed by atoms with E-state index in [0.717, 1.165) is 23.4 Å². The second-order valence-electron chi connectivity index (χ2n) is 4.77. The van der Waals surface area contributed by atoms with Crippen LogP contribution >= 0.6 is 0 Å². The topological polar surface area (TPSA) is 62.2 Å².